The molecule has 1 aromatic carbocycles. The van der Waals surface area contributed by atoms with Crippen LogP contribution in [0, 0.1) is 6.92 Å². The molecule has 0 unspecified atom stereocenters. The molecule has 6 nitrogen and oxygen atoms in total. The van der Waals surface area contributed by atoms with Gasteiger partial charge in [0, 0.05) is 20.6 Å². The molecule has 0 saturated carbocycles. The summed E-state index contributed by atoms with van der Waals surface area (Å²) in [6, 6.07) is 8.80. The molecule has 2 amide bonds. The minimum absolute atomic E-state index is 0.196. The molecule has 1 aromatic heterocycles. The van der Waals surface area contributed by atoms with Crippen LogP contribution in [0.3, 0.4) is 0 Å². The number of amides is 2. The first kappa shape index (κ1) is 18.9. The Balaban J connectivity index is 2.08. The van der Waals surface area contributed by atoms with Crippen LogP contribution in [0.2, 0.25) is 0 Å². The quantitative estimate of drug-likeness (QED) is 0.829. The van der Waals surface area contributed by atoms with E-state index in [2.05, 4.69) is 26.2 Å². The van der Waals surface area contributed by atoms with Crippen molar-refractivity contribution in [2.45, 2.75) is 13.5 Å². The van der Waals surface area contributed by atoms with Gasteiger partial charge in [-0.2, -0.15) is 0 Å². The van der Waals surface area contributed by atoms with E-state index in [-0.39, 0.29) is 11.8 Å². The molecule has 132 valence electrons. The lowest BCUT2D eigenvalue weighted by Gasteiger charge is -2.12. The number of aromatic nitrogens is 1. The fraction of sp³-hybridized carbons (Fsp3) is 0.278. The van der Waals surface area contributed by atoms with Gasteiger partial charge in [-0.25, -0.2) is 4.98 Å². The molecule has 1 heterocycles. The second kappa shape index (κ2) is 8.11. The molecule has 0 aliphatic carbocycles. The Bertz CT molecular complexity index is 806. The summed E-state index contributed by atoms with van der Waals surface area (Å²) in [5, 5.41) is 2.86. The van der Waals surface area contributed by atoms with Crippen molar-refractivity contribution in [2.24, 2.45) is 0 Å². The van der Waals surface area contributed by atoms with Crippen LogP contribution in [0.15, 0.2) is 34.8 Å². The van der Waals surface area contributed by atoms with Crippen LogP contribution in [0.25, 0.3) is 0 Å². The number of rotatable bonds is 5. The number of benzene rings is 1. The van der Waals surface area contributed by atoms with Crippen molar-refractivity contribution in [1.82, 2.24) is 15.2 Å². The first-order chi connectivity index (χ1) is 11.8. The Kier molecular flexibility index (Phi) is 6.14. The summed E-state index contributed by atoms with van der Waals surface area (Å²) in [5.74, 6) is 0.301. The van der Waals surface area contributed by atoms with E-state index in [4.69, 9.17) is 4.74 Å². The molecule has 0 spiro atoms. The summed E-state index contributed by atoms with van der Waals surface area (Å²) in [5.41, 5.74) is 2.22. The third-order valence-corrected chi connectivity index (χ3v) is 4.24. The van der Waals surface area contributed by atoms with Gasteiger partial charge in [-0.1, -0.05) is 6.07 Å². The van der Waals surface area contributed by atoms with E-state index >= 15 is 0 Å². The summed E-state index contributed by atoms with van der Waals surface area (Å²) in [6.07, 6.45) is 0. The summed E-state index contributed by atoms with van der Waals surface area (Å²) in [7, 11) is 4.92. The van der Waals surface area contributed by atoms with Crippen molar-refractivity contribution < 1.29 is 14.3 Å². The van der Waals surface area contributed by atoms with E-state index < -0.39 is 0 Å². The van der Waals surface area contributed by atoms with E-state index in [1.165, 1.54) is 4.90 Å². The first-order valence-corrected chi connectivity index (χ1v) is 8.42. The standard InChI is InChI=1S/C18H20BrN3O3/c1-11-13(6-7-15(21-11)18(24)22(2)3)17(23)20-10-12-5-8-16(25-4)14(19)9-12/h5-9H,10H2,1-4H3,(H,20,23). The van der Waals surface area contributed by atoms with Gasteiger partial charge in [-0.05, 0) is 52.7 Å². The number of nitrogens with zero attached hydrogens (tertiary/aromatic N) is 2. The fourth-order valence-electron chi connectivity index (χ4n) is 2.25. The van der Waals surface area contributed by atoms with Crippen LogP contribution in [-0.4, -0.2) is 42.9 Å². The average molecular weight is 406 g/mol. The van der Waals surface area contributed by atoms with Gasteiger partial charge < -0.3 is 15.0 Å². The molecule has 25 heavy (non-hydrogen) atoms. The van der Waals surface area contributed by atoms with Crippen LogP contribution < -0.4 is 10.1 Å². The van der Waals surface area contributed by atoms with E-state index in [9.17, 15) is 9.59 Å². The highest BCUT2D eigenvalue weighted by Gasteiger charge is 2.15. The number of methoxy groups -OCH3 is 1. The number of nitrogens with one attached hydrogen (secondary N) is 1. The normalized spacial score (nSPS) is 10.3. The maximum Gasteiger partial charge on any atom is 0.271 e. The zero-order valence-electron chi connectivity index (χ0n) is 14.6. The van der Waals surface area contributed by atoms with Gasteiger partial charge in [0.25, 0.3) is 11.8 Å². The monoisotopic (exact) mass is 405 g/mol. The van der Waals surface area contributed by atoms with E-state index in [1.807, 2.05) is 18.2 Å². The van der Waals surface area contributed by atoms with Crippen LogP contribution in [0.4, 0.5) is 0 Å². The third-order valence-electron chi connectivity index (χ3n) is 3.63. The van der Waals surface area contributed by atoms with Gasteiger partial charge in [0.2, 0.25) is 0 Å². The van der Waals surface area contributed by atoms with Gasteiger partial charge in [-0.15, -0.1) is 0 Å². The largest absolute Gasteiger partial charge is 0.496 e. The zero-order valence-corrected chi connectivity index (χ0v) is 16.2. The van der Waals surface area contributed by atoms with Crippen LogP contribution in [-0.2, 0) is 6.54 Å². The SMILES string of the molecule is COc1ccc(CNC(=O)c2ccc(C(=O)N(C)C)nc2C)cc1Br. The Morgan fingerprint density at radius 3 is 2.52 bits per heavy atom. The molecule has 0 atom stereocenters. The molecule has 0 aliphatic rings. The van der Waals surface area contributed by atoms with Crippen LogP contribution >= 0.6 is 15.9 Å². The smallest absolute Gasteiger partial charge is 0.271 e. The number of carbonyl (C=O) groups excluding carboxylic acids is 2. The molecule has 2 rings (SSSR count). The molecule has 0 saturated heterocycles. The predicted octanol–water partition coefficient (Wildman–Crippen LogP) is 2.79. The predicted molar refractivity (Wildman–Crippen MR) is 98.9 cm³/mol. The van der Waals surface area contributed by atoms with Crippen molar-refractivity contribution in [3.05, 3.63) is 57.3 Å². The summed E-state index contributed by atoms with van der Waals surface area (Å²) < 4.78 is 6.01. The average Bonchev–Trinajstić information content (AvgIpc) is 2.58. The summed E-state index contributed by atoms with van der Waals surface area (Å²) in [4.78, 5) is 30.0. The van der Waals surface area contributed by atoms with Gasteiger partial charge in [0.15, 0.2) is 0 Å². The van der Waals surface area contributed by atoms with Gasteiger partial charge in [-0.3, -0.25) is 9.59 Å². The number of pyridine rings is 1. The molecule has 0 bridgehead atoms. The van der Waals surface area contributed by atoms with E-state index in [0.717, 1.165) is 15.8 Å². The maximum absolute atomic E-state index is 12.4. The lowest BCUT2D eigenvalue weighted by atomic mass is 10.1. The van der Waals surface area contributed by atoms with Crippen molar-refractivity contribution in [3.63, 3.8) is 0 Å². The van der Waals surface area contributed by atoms with Crippen LogP contribution in [0.5, 0.6) is 5.75 Å². The number of carbonyl (C=O) groups is 2. The highest BCUT2D eigenvalue weighted by molar-refractivity contribution is 9.10. The molecule has 1 N–H and O–H groups in total. The van der Waals surface area contributed by atoms with Gasteiger partial charge in [0.05, 0.1) is 22.8 Å². The van der Waals surface area contributed by atoms with Crippen molar-refractivity contribution in [1.29, 1.82) is 0 Å². The lowest BCUT2D eigenvalue weighted by Crippen LogP contribution is -2.26. The molecule has 7 heteroatoms. The molecular weight excluding hydrogens is 386 g/mol. The summed E-state index contributed by atoms with van der Waals surface area (Å²) in [6.45, 7) is 2.09. The van der Waals surface area contributed by atoms with Gasteiger partial charge >= 0.3 is 0 Å². The minimum Gasteiger partial charge on any atom is -0.496 e. The Morgan fingerprint density at radius 1 is 1.24 bits per heavy atom. The third kappa shape index (κ3) is 4.57. The lowest BCUT2D eigenvalue weighted by molar-refractivity contribution is 0.0820. The molecule has 0 fully saturated rings. The topological polar surface area (TPSA) is 71.5 Å². The number of ether oxygens (including phenoxy) is 1. The van der Waals surface area contributed by atoms with Crippen LogP contribution in [0.1, 0.15) is 32.1 Å². The van der Waals surface area contributed by atoms with E-state index in [1.54, 1.807) is 40.3 Å². The first-order valence-electron chi connectivity index (χ1n) is 7.63. The van der Waals surface area contributed by atoms with Crippen molar-refractivity contribution in [2.75, 3.05) is 21.2 Å². The summed E-state index contributed by atoms with van der Waals surface area (Å²) >= 11 is 3.42. The molecule has 0 aliphatic heterocycles. The zero-order chi connectivity index (χ0) is 18.6. The van der Waals surface area contributed by atoms with Crippen molar-refractivity contribution in [3.8, 4) is 5.75 Å². The number of hydrogen-bond acceptors (Lipinski definition) is 4. The second-order valence-electron chi connectivity index (χ2n) is 5.68. The Hall–Kier alpha value is -2.41. The second-order valence-corrected chi connectivity index (χ2v) is 6.53. The fourth-order valence-corrected chi connectivity index (χ4v) is 2.83. The Morgan fingerprint density at radius 2 is 1.96 bits per heavy atom. The minimum atomic E-state index is -0.235. The molecular formula is C18H20BrN3O3. The van der Waals surface area contributed by atoms with E-state index in [0.29, 0.717) is 23.5 Å². The van der Waals surface area contributed by atoms with Gasteiger partial charge in [0.1, 0.15) is 11.4 Å². The number of aryl methyl sites for hydroxylation is 1. The van der Waals surface area contributed by atoms with Crippen molar-refractivity contribution >= 4 is 27.7 Å². The highest BCUT2D eigenvalue weighted by Crippen LogP contribution is 2.25. The Labute approximate surface area is 155 Å². The number of halogens is 1. The molecule has 0 radical (unpaired) electrons. The maximum atomic E-state index is 12.4. The molecule has 2 aromatic rings. The highest BCUT2D eigenvalue weighted by atomic mass is 79.9. The number of hydrogen-bond donors (Lipinski definition) is 1.